The Morgan fingerprint density at radius 1 is 1.43 bits per heavy atom. The molecule has 0 unspecified atom stereocenters. The molecule has 0 aliphatic heterocycles. The molecule has 1 heterocycles. The third-order valence-corrected chi connectivity index (χ3v) is 2.76. The highest BCUT2D eigenvalue weighted by atomic mass is 19.2. The average Bonchev–Trinajstić information content (AvgIpc) is 2.92. The fourth-order valence-corrected chi connectivity index (χ4v) is 1.57. The van der Waals surface area contributed by atoms with Crippen molar-refractivity contribution >= 4 is 17.3 Å². The van der Waals surface area contributed by atoms with Crippen molar-refractivity contribution in [2.75, 3.05) is 5.32 Å². The van der Waals surface area contributed by atoms with Gasteiger partial charge in [0.1, 0.15) is 18.4 Å². The number of nitrogens with one attached hydrogen (secondary N) is 1. The van der Waals surface area contributed by atoms with Gasteiger partial charge in [-0.3, -0.25) is 19.6 Å². The van der Waals surface area contributed by atoms with Crippen LogP contribution in [0.5, 0.6) is 0 Å². The van der Waals surface area contributed by atoms with Crippen molar-refractivity contribution in [3.8, 4) is 0 Å². The van der Waals surface area contributed by atoms with Crippen LogP contribution in [0.3, 0.4) is 0 Å². The summed E-state index contributed by atoms with van der Waals surface area (Å²) in [5.74, 6) is -2.68. The lowest BCUT2D eigenvalue weighted by Gasteiger charge is -2.12. The largest absolute Gasteiger partial charge is 0.324 e. The molecule has 0 fully saturated rings. The van der Waals surface area contributed by atoms with Gasteiger partial charge in [0.2, 0.25) is 5.91 Å². The quantitative estimate of drug-likeness (QED) is 0.692. The first kappa shape index (κ1) is 14.6. The first-order chi connectivity index (χ1) is 9.88. The molecule has 0 aliphatic rings. The molecule has 0 spiro atoms. The van der Waals surface area contributed by atoms with E-state index in [-0.39, 0.29) is 11.4 Å². The zero-order chi connectivity index (χ0) is 15.6. The summed E-state index contributed by atoms with van der Waals surface area (Å²) in [6.07, 6.45) is 2.12. The van der Waals surface area contributed by atoms with Gasteiger partial charge in [-0.2, -0.15) is 5.10 Å². The van der Waals surface area contributed by atoms with Crippen molar-refractivity contribution in [2.45, 2.75) is 13.0 Å². The number of carbonyl (C=O) groups is 1. The Morgan fingerprint density at radius 2 is 2.14 bits per heavy atom. The summed E-state index contributed by atoms with van der Waals surface area (Å²) in [6.45, 7) is 1.46. The lowest BCUT2D eigenvalue weighted by Crippen LogP contribution is -2.24. The summed E-state index contributed by atoms with van der Waals surface area (Å²) in [5.41, 5.74) is -0.171. The first-order valence-corrected chi connectivity index (χ1v) is 5.83. The van der Waals surface area contributed by atoms with E-state index in [0.29, 0.717) is 0 Å². The van der Waals surface area contributed by atoms with Gasteiger partial charge in [0, 0.05) is 11.8 Å². The standard InChI is InChI=1S/C12H10F2N4O3/c1-7(17-6-9(5-15-17)18(20)21)12(19)16-8-2-3-10(13)11(14)4-8/h2-7H,1H3,(H,16,19)/t7-/m1/s1. The van der Waals surface area contributed by atoms with Crippen molar-refractivity contribution in [3.05, 3.63) is 52.3 Å². The zero-order valence-corrected chi connectivity index (χ0v) is 10.8. The number of halogens is 2. The SMILES string of the molecule is C[C@H](C(=O)Nc1ccc(F)c(F)c1)n1cc([N+](=O)[O-])cn1. The average molecular weight is 296 g/mol. The second-order valence-corrected chi connectivity index (χ2v) is 4.23. The number of hydrogen-bond acceptors (Lipinski definition) is 4. The molecule has 9 heteroatoms. The van der Waals surface area contributed by atoms with E-state index in [1.54, 1.807) is 0 Å². The Bertz CT molecular complexity index is 702. The topological polar surface area (TPSA) is 90.1 Å². The molecule has 0 saturated heterocycles. The number of anilines is 1. The maximum atomic E-state index is 13.0. The second-order valence-electron chi connectivity index (χ2n) is 4.23. The van der Waals surface area contributed by atoms with Crippen LogP contribution in [0.2, 0.25) is 0 Å². The van der Waals surface area contributed by atoms with Crippen LogP contribution >= 0.6 is 0 Å². The number of carbonyl (C=O) groups excluding carboxylic acids is 1. The van der Waals surface area contributed by atoms with Crippen LogP contribution in [0.1, 0.15) is 13.0 Å². The van der Waals surface area contributed by atoms with Gasteiger partial charge in [0.05, 0.1) is 4.92 Å². The Kier molecular flexibility index (Phi) is 3.92. The highest BCUT2D eigenvalue weighted by molar-refractivity contribution is 5.93. The molecule has 110 valence electrons. The molecule has 21 heavy (non-hydrogen) atoms. The van der Waals surface area contributed by atoms with E-state index in [1.807, 2.05) is 0 Å². The fraction of sp³-hybridized carbons (Fsp3) is 0.167. The van der Waals surface area contributed by atoms with E-state index in [2.05, 4.69) is 10.4 Å². The van der Waals surface area contributed by atoms with Crippen LogP contribution < -0.4 is 5.32 Å². The van der Waals surface area contributed by atoms with Gasteiger partial charge in [-0.1, -0.05) is 0 Å². The predicted octanol–water partition coefficient (Wildman–Crippen LogP) is 2.27. The lowest BCUT2D eigenvalue weighted by molar-refractivity contribution is -0.385. The molecule has 1 aromatic carbocycles. The van der Waals surface area contributed by atoms with E-state index in [4.69, 9.17) is 0 Å². The molecule has 1 aromatic heterocycles. The summed E-state index contributed by atoms with van der Waals surface area (Å²) >= 11 is 0. The molecule has 1 atom stereocenters. The van der Waals surface area contributed by atoms with E-state index < -0.39 is 28.5 Å². The summed E-state index contributed by atoms with van der Waals surface area (Å²) < 4.78 is 26.9. The van der Waals surface area contributed by atoms with Gasteiger partial charge >= 0.3 is 5.69 Å². The van der Waals surface area contributed by atoms with Crippen molar-refractivity contribution in [1.82, 2.24) is 9.78 Å². The Labute approximate surface area is 117 Å². The minimum absolute atomic E-state index is 0.0763. The minimum atomic E-state index is -1.09. The molecule has 7 nitrogen and oxygen atoms in total. The fourth-order valence-electron chi connectivity index (χ4n) is 1.57. The molecule has 1 N–H and O–H groups in total. The smallest absolute Gasteiger partial charge is 0.307 e. The number of amides is 1. The predicted molar refractivity (Wildman–Crippen MR) is 68.6 cm³/mol. The number of nitrogens with zero attached hydrogens (tertiary/aromatic N) is 3. The van der Waals surface area contributed by atoms with Gasteiger partial charge in [-0.15, -0.1) is 0 Å². The highest BCUT2D eigenvalue weighted by Gasteiger charge is 2.19. The molecular formula is C12H10F2N4O3. The molecule has 0 saturated carbocycles. The van der Waals surface area contributed by atoms with Crippen molar-refractivity contribution < 1.29 is 18.5 Å². The Morgan fingerprint density at radius 3 is 2.71 bits per heavy atom. The van der Waals surface area contributed by atoms with Crippen molar-refractivity contribution in [2.24, 2.45) is 0 Å². The van der Waals surface area contributed by atoms with Crippen molar-refractivity contribution in [3.63, 3.8) is 0 Å². The summed E-state index contributed by atoms with van der Waals surface area (Å²) in [4.78, 5) is 21.8. The summed E-state index contributed by atoms with van der Waals surface area (Å²) in [5, 5.41) is 16.6. The number of hydrogen-bond donors (Lipinski definition) is 1. The van der Waals surface area contributed by atoms with Gasteiger partial charge in [0.25, 0.3) is 0 Å². The summed E-state index contributed by atoms with van der Waals surface area (Å²) in [6, 6.07) is 2.07. The summed E-state index contributed by atoms with van der Waals surface area (Å²) in [7, 11) is 0. The van der Waals surface area contributed by atoms with Gasteiger partial charge < -0.3 is 5.32 Å². The third kappa shape index (κ3) is 3.19. The van der Waals surface area contributed by atoms with Gasteiger partial charge in [0.15, 0.2) is 11.6 Å². The van der Waals surface area contributed by atoms with E-state index in [1.165, 1.54) is 13.0 Å². The van der Waals surface area contributed by atoms with E-state index >= 15 is 0 Å². The van der Waals surface area contributed by atoms with Crippen molar-refractivity contribution in [1.29, 1.82) is 0 Å². The van der Waals surface area contributed by atoms with Crippen LogP contribution in [0, 0.1) is 21.7 Å². The maximum Gasteiger partial charge on any atom is 0.307 e. The third-order valence-electron chi connectivity index (χ3n) is 2.76. The Hall–Kier alpha value is -2.84. The second kappa shape index (κ2) is 5.65. The van der Waals surface area contributed by atoms with Gasteiger partial charge in [-0.05, 0) is 19.1 Å². The van der Waals surface area contributed by atoms with Crippen LogP contribution in [0.15, 0.2) is 30.6 Å². The van der Waals surface area contributed by atoms with Crippen LogP contribution in [-0.2, 0) is 4.79 Å². The van der Waals surface area contributed by atoms with E-state index in [0.717, 1.165) is 29.2 Å². The minimum Gasteiger partial charge on any atom is -0.324 e. The van der Waals surface area contributed by atoms with Crippen LogP contribution in [-0.4, -0.2) is 20.6 Å². The van der Waals surface area contributed by atoms with Gasteiger partial charge in [-0.25, -0.2) is 8.78 Å². The molecule has 1 amide bonds. The molecule has 2 aromatic rings. The lowest BCUT2D eigenvalue weighted by atomic mass is 10.2. The number of aromatic nitrogens is 2. The normalized spacial score (nSPS) is 12.0. The number of rotatable bonds is 4. The molecule has 0 bridgehead atoms. The number of nitro groups is 1. The zero-order valence-electron chi connectivity index (χ0n) is 10.8. The highest BCUT2D eigenvalue weighted by Crippen LogP contribution is 2.17. The molecule has 0 aliphatic carbocycles. The number of benzene rings is 1. The Balaban J connectivity index is 2.11. The molecule has 0 radical (unpaired) electrons. The molecule has 2 rings (SSSR count). The maximum absolute atomic E-state index is 13.0. The van der Waals surface area contributed by atoms with Crippen LogP contribution in [0.25, 0.3) is 0 Å². The first-order valence-electron chi connectivity index (χ1n) is 5.83. The monoisotopic (exact) mass is 296 g/mol. The van der Waals surface area contributed by atoms with Crippen LogP contribution in [0.4, 0.5) is 20.2 Å². The van der Waals surface area contributed by atoms with E-state index in [9.17, 15) is 23.7 Å². The molecular weight excluding hydrogens is 286 g/mol.